The Balaban J connectivity index is 1.23. The van der Waals surface area contributed by atoms with Crippen molar-refractivity contribution in [3.05, 3.63) is 0 Å². The number of carbonyl (C=O) groups is 2. The highest BCUT2D eigenvalue weighted by molar-refractivity contribution is 5.78. The van der Waals surface area contributed by atoms with Crippen LogP contribution in [0, 0.1) is 17.8 Å². The lowest BCUT2D eigenvalue weighted by Crippen LogP contribution is -2.61. The molecule has 2 N–H and O–H groups in total. The molecular formula is C18H29N3O2. The van der Waals surface area contributed by atoms with Gasteiger partial charge in [0.15, 0.2) is 0 Å². The fourth-order valence-electron chi connectivity index (χ4n) is 5.96. The number of amides is 3. The van der Waals surface area contributed by atoms with E-state index in [0.717, 1.165) is 43.7 Å². The zero-order valence-electron chi connectivity index (χ0n) is 14.0. The minimum absolute atomic E-state index is 0.0534. The number of rotatable bonds is 4. The van der Waals surface area contributed by atoms with E-state index in [2.05, 4.69) is 10.6 Å². The van der Waals surface area contributed by atoms with Gasteiger partial charge in [-0.15, -0.1) is 0 Å². The fourth-order valence-corrected chi connectivity index (χ4v) is 5.96. The molecule has 0 radical (unpaired) electrons. The van der Waals surface area contributed by atoms with Gasteiger partial charge >= 0.3 is 6.03 Å². The van der Waals surface area contributed by atoms with Gasteiger partial charge in [-0.05, 0) is 69.1 Å². The molecule has 0 unspecified atom stereocenters. The van der Waals surface area contributed by atoms with Crippen LogP contribution < -0.4 is 10.6 Å². The second-order valence-corrected chi connectivity index (χ2v) is 8.42. The molecule has 0 spiro atoms. The summed E-state index contributed by atoms with van der Waals surface area (Å²) in [5.41, 5.74) is 0.0534. The number of hydrogen-bond donors (Lipinski definition) is 2. The lowest BCUT2D eigenvalue weighted by molar-refractivity contribution is -0.129. The maximum absolute atomic E-state index is 12.3. The van der Waals surface area contributed by atoms with Gasteiger partial charge in [-0.2, -0.15) is 0 Å². The van der Waals surface area contributed by atoms with E-state index in [1.165, 1.54) is 38.5 Å². The standard InChI is InChI=1S/C18H29N3O2/c22-16(21-5-1-2-6-21)3-4-19-17(23)20-18-10-13-7-14(11-18)9-15(8-13)12-18/h13-15H,1-12H2,(H2,19,20,23). The molecule has 3 amide bonds. The third-order valence-corrected chi connectivity index (χ3v) is 6.50. The molecular weight excluding hydrogens is 290 g/mol. The van der Waals surface area contributed by atoms with Crippen LogP contribution in [0.5, 0.6) is 0 Å². The average molecular weight is 319 g/mol. The summed E-state index contributed by atoms with van der Waals surface area (Å²) in [6.07, 6.45) is 10.3. The Hall–Kier alpha value is -1.26. The summed E-state index contributed by atoms with van der Waals surface area (Å²) in [4.78, 5) is 26.2. The molecule has 128 valence electrons. The molecule has 4 aliphatic carbocycles. The lowest BCUT2D eigenvalue weighted by atomic mass is 9.53. The van der Waals surface area contributed by atoms with E-state index in [1.54, 1.807) is 0 Å². The van der Waals surface area contributed by atoms with Gasteiger partial charge in [0.2, 0.25) is 5.91 Å². The van der Waals surface area contributed by atoms with Crippen LogP contribution in [0.2, 0.25) is 0 Å². The van der Waals surface area contributed by atoms with Crippen LogP contribution in [-0.2, 0) is 4.79 Å². The first-order valence-corrected chi connectivity index (χ1v) is 9.46. The van der Waals surface area contributed by atoms with Gasteiger partial charge in [-0.3, -0.25) is 4.79 Å². The highest BCUT2D eigenvalue weighted by Gasteiger charge is 2.51. The summed E-state index contributed by atoms with van der Waals surface area (Å²) < 4.78 is 0. The van der Waals surface area contributed by atoms with Crippen molar-refractivity contribution in [2.45, 2.75) is 63.3 Å². The number of urea groups is 1. The molecule has 1 saturated heterocycles. The summed E-state index contributed by atoms with van der Waals surface area (Å²) in [7, 11) is 0. The topological polar surface area (TPSA) is 61.4 Å². The van der Waals surface area contributed by atoms with Gasteiger partial charge in [0.05, 0.1) is 0 Å². The third-order valence-electron chi connectivity index (χ3n) is 6.50. The zero-order valence-corrected chi connectivity index (χ0v) is 14.0. The van der Waals surface area contributed by atoms with E-state index in [4.69, 9.17) is 0 Å². The Labute approximate surface area is 138 Å². The van der Waals surface area contributed by atoms with Gasteiger partial charge < -0.3 is 15.5 Å². The van der Waals surface area contributed by atoms with Crippen molar-refractivity contribution < 1.29 is 9.59 Å². The van der Waals surface area contributed by atoms with Gasteiger partial charge in [-0.25, -0.2) is 4.79 Å². The second-order valence-electron chi connectivity index (χ2n) is 8.42. The Morgan fingerprint density at radius 1 is 0.957 bits per heavy atom. The van der Waals surface area contributed by atoms with Crippen LogP contribution in [0.25, 0.3) is 0 Å². The van der Waals surface area contributed by atoms with E-state index in [-0.39, 0.29) is 17.5 Å². The van der Waals surface area contributed by atoms with Gasteiger partial charge in [0, 0.05) is 31.6 Å². The van der Waals surface area contributed by atoms with Crippen molar-refractivity contribution in [2.24, 2.45) is 17.8 Å². The van der Waals surface area contributed by atoms with Crippen LogP contribution in [0.3, 0.4) is 0 Å². The molecule has 1 heterocycles. The average Bonchev–Trinajstić information content (AvgIpc) is 2.99. The highest BCUT2D eigenvalue weighted by Crippen LogP contribution is 2.55. The minimum atomic E-state index is -0.0684. The molecule has 5 rings (SSSR count). The summed E-state index contributed by atoms with van der Waals surface area (Å²) >= 11 is 0. The zero-order chi connectivity index (χ0) is 15.9. The molecule has 5 aliphatic rings. The van der Waals surface area contributed by atoms with Gasteiger partial charge in [0.1, 0.15) is 0 Å². The molecule has 4 bridgehead atoms. The molecule has 0 aromatic carbocycles. The van der Waals surface area contributed by atoms with E-state index < -0.39 is 0 Å². The smallest absolute Gasteiger partial charge is 0.315 e. The van der Waals surface area contributed by atoms with Crippen LogP contribution in [0.1, 0.15) is 57.8 Å². The lowest BCUT2D eigenvalue weighted by Gasteiger charge is -2.56. The summed E-state index contributed by atoms with van der Waals surface area (Å²) in [5.74, 6) is 2.67. The molecule has 4 saturated carbocycles. The molecule has 0 aromatic rings. The molecule has 5 fully saturated rings. The first-order valence-electron chi connectivity index (χ1n) is 9.46. The molecule has 5 nitrogen and oxygen atoms in total. The molecule has 0 aromatic heterocycles. The first kappa shape index (κ1) is 15.3. The number of hydrogen-bond acceptors (Lipinski definition) is 2. The van der Waals surface area contributed by atoms with Gasteiger partial charge in [-0.1, -0.05) is 0 Å². The van der Waals surface area contributed by atoms with Crippen LogP contribution >= 0.6 is 0 Å². The first-order chi connectivity index (χ1) is 11.1. The summed E-state index contributed by atoms with van der Waals surface area (Å²) in [6, 6.07) is -0.0684. The van der Waals surface area contributed by atoms with E-state index >= 15 is 0 Å². The Morgan fingerprint density at radius 2 is 1.52 bits per heavy atom. The van der Waals surface area contributed by atoms with Crippen molar-refractivity contribution in [1.82, 2.24) is 15.5 Å². The number of nitrogens with one attached hydrogen (secondary N) is 2. The third kappa shape index (κ3) is 3.20. The van der Waals surface area contributed by atoms with E-state index in [1.807, 2.05) is 4.90 Å². The minimum Gasteiger partial charge on any atom is -0.343 e. The van der Waals surface area contributed by atoms with Crippen molar-refractivity contribution in [3.63, 3.8) is 0 Å². The molecule has 23 heavy (non-hydrogen) atoms. The Bertz CT molecular complexity index is 449. The Morgan fingerprint density at radius 3 is 2.09 bits per heavy atom. The largest absolute Gasteiger partial charge is 0.343 e. The summed E-state index contributed by atoms with van der Waals surface area (Å²) in [6.45, 7) is 2.23. The van der Waals surface area contributed by atoms with Gasteiger partial charge in [0.25, 0.3) is 0 Å². The molecule has 5 heteroatoms. The predicted octanol–water partition coefficient (Wildman–Crippen LogP) is 2.27. The second kappa shape index (κ2) is 5.99. The highest BCUT2D eigenvalue weighted by atomic mass is 16.2. The summed E-state index contributed by atoms with van der Waals surface area (Å²) in [5, 5.41) is 6.21. The quantitative estimate of drug-likeness (QED) is 0.835. The Kier molecular flexibility index (Phi) is 3.98. The van der Waals surface area contributed by atoms with Crippen LogP contribution in [0.15, 0.2) is 0 Å². The number of carbonyl (C=O) groups excluding carboxylic acids is 2. The van der Waals surface area contributed by atoms with Crippen molar-refractivity contribution in [1.29, 1.82) is 0 Å². The van der Waals surface area contributed by atoms with E-state index in [9.17, 15) is 9.59 Å². The normalized spacial score (nSPS) is 37.9. The van der Waals surface area contributed by atoms with Crippen molar-refractivity contribution in [3.8, 4) is 0 Å². The number of nitrogens with zero attached hydrogens (tertiary/aromatic N) is 1. The fraction of sp³-hybridized carbons (Fsp3) is 0.889. The van der Waals surface area contributed by atoms with Crippen LogP contribution in [0.4, 0.5) is 4.79 Å². The maximum Gasteiger partial charge on any atom is 0.315 e. The monoisotopic (exact) mass is 319 g/mol. The van der Waals surface area contributed by atoms with Crippen molar-refractivity contribution >= 4 is 11.9 Å². The molecule has 0 atom stereocenters. The predicted molar refractivity (Wildman–Crippen MR) is 87.9 cm³/mol. The van der Waals surface area contributed by atoms with Crippen molar-refractivity contribution in [2.75, 3.05) is 19.6 Å². The van der Waals surface area contributed by atoms with Crippen LogP contribution in [-0.4, -0.2) is 42.0 Å². The molecule has 1 aliphatic heterocycles. The maximum atomic E-state index is 12.3. The van der Waals surface area contributed by atoms with E-state index in [0.29, 0.717) is 13.0 Å². The number of likely N-dealkylation sites (tertiary alicyclic amines) is 1. The SMILES string of the molecule is O=C(NCCC(=O)N1CCCC1)NC12CC3CC(CC(C3)C1)C2.